The Kier molecular flexibility index (Phi) is 5.52. The number of rotatable bonds is 4. The molecule has 0 aliphatic carbocycles. The Labute approximate surface area is 189 Å². The minimum Gasteiger partial charge on any atom is -0.302 e. The number of nitrogens with zero attached hydrogens (tertiary/aromatic N) is 4. The molecule has 6 nitrogen and oxygen atoms in total. The van der Waals surface area contributed by atoms with Gasteiger partial charge in [-0.15, -0.1) is 11.3 Å². The van der Waals surface area contributed by atoms with E-state index in [0.29, 0.717) is 11.2 Å². The molecule has 31 heavy (non-hydrogen) atoms. The molecule has 0 saturated heterocycles. The molecule has 5 rings (SSSR count). The zero-order valence-corrected chi connectivity index (χ0v) is 19.1. The van der Waals surface area contributed by atoms with E-state index in [0.717, 1.165) is 41.9 Å². The van der Waals surface area contributed by atoms with E-state index in [-0.39, 0.29) is 5.91 Å². The maximum Gasteiger partial charge on any atom is 0.223 e. The van der Waals surface area contributed by atoms with Crippen LogP contribution < -0.4 is 5.32 Å². The van der Waals surface area contributed by atoms with Gasteiger partial charge in [0.25, 0.3) is 0 Å². The molecule has 0 radical (unpaired) electrons. The molecule has 4 heterocycles. The molecule has 1 unspecified atom stereocenters. The van der Waals surface area contributed by atoms with Crippen LogP contribution >= 0.6 is 22.7 Å². The van der Waals surface area contributed by atoms with Gasteiger partial charge in [-0.1, -0.05) is 17.4 Å². The highest BCUT2D eigenvalue weighted by Gasteiger charge is 2.21. The minimum absolute atomic E-state index is 0.107. The SMILES string of the molecule is CC(=O)Nc1ncc(-c2cnc3c(c2)CCN(C(C)c2ccc4scnc4c2)CC3)s1. The van der Waals surface area contributed by atoms with E-state index in [4.69, 9.17) is 4.98 Å². The smallest absolute Gasteiger partial charge is 0.223 e. The fraction of sp³-hybridized carbons (Fsp3) is 0.304. The van der Waals surface area contributed by atoms with Crippen LogP contribution in [0.2, 0.25) is 0 Å². The fourth-order valence-corrected chi connectivity index (χ4v) is 5.59. The quantitative estimate of drug-likeness (QED) is 0.478. The molecule has 1 amide bonds. The van der Waals surface area contributed by atoms with Crippen LogP contribution in [0.25, 0.3) is 20.7 Å². The maximum atomic E-state index is 11.3. The van der Waals surface area contributed by atoms with Gasteiger partial charge in [0.2, 0.25) is 5.91 Å². The van der Waals surface area contributed by atoms with E-state index >= 15 is 0 Å². The van der Waals surface area contributed by atoms with Crippen molar-refractivity contribution in [2.75, 3.05) is 18.4 Å². The number of aromatic nitrogens is 3. The number of anilines is 1. The van der Waals surface area contributed by atoms with Crippen molar-refractivity contribution in [3.8, 4) is 10.4 Å². The number of thiazole rings is 2. The topological polar surface area (TPSA) is 71.0 Å². The Morgan fingerprint density at radius 2 is 2.00 bits per heavy atom. The highest BCUT2D eigenvalue weighted by atomic mass is 32.1. The highest BCUT2D eigenvalue weighted by Crippen LogP contribution is 2.32. The number of hydrogen-bond donors (Lipinski definition) is 1. The van der Waals surface area contributed by atoms with Crippen LogP contribution in [0.4, 0.5) is 5.13 Å². The largest absolute Gasteiger partial charge is 0.302 e. The van der Waals surface area contributed by atoms with Crippen LogP contribution in [0.15, 0.2) is 42.2 Å². The number of hydrogen-bond acceptors (Lipinski definition) is 7. The van der Waals surface area contributed by atoms with Gasteiger partial charge in [0, 0.05) is 56.1 Å². The van der Waals surface area contributed by atoms with Crippen molar-refractivity contribution in [3.63, 3.8) is 0 Å². The summed E-state index contributed by atoms with van der Waals surface area (Å²) in [6.45, 7) is 5.76. The van der Waals surface area contributed by atoms with E-state index in [1.165, 1.54) is 39.8 Å². The molecule has 158 valence electrons. The molecule has 0 saturated carbocycles. The van der Waals surface area contributed by atoms with Crippen LogP contribution in [0.3, 0.4) is 0 Å². The van der Waals surface area contributed by atoms with Crippen molar-refractivity contribution in [1.29, 1.82) is 0 Å². The van der Waals surface area contributed by atoms with Gasteiger partial charge in [0.1, 0.15) is 0 Å². The normalized spacial score (nSPS) is 15.4. The lowest BCUT2D eigenvalue weighted by Crippen LogP contribution is -2.29. The summed E-state index contributed by atoms with van der Waals surface area (Å²) in [5.41, 5.74) is 7.85. The van der Waals surface area contributed by atoms with E-state index in [9.17, 15) is 4.79 Å². The Bertz CT molecular complexity index is 1250. The van der Waals surface area contributed by atoms with Crippen molar-refractivity contribution in [1.82, 2.24) is 19.9 Å². The first-order valence-corrected chi connectivity index (χ1v) is 12.1. The molecule has 0 spiro atoms. The van der Waals surface area contributed by atoms with E-state index in [2.05, 4.69) is 51.4 Å². The van der Waals surface area contributed by atoms with Crippen LogP contribution in [-0.2, 0) is 17.6 Å². The van der Waals surface area contributed by atoms with Gasteiger partial charge in [0.05, 0.1) is 20.6 Å². The van der Waals surface area contributed by atoms with E-state index in [1.807, 2.05) is 11.7 Å². The molecule has 4 aromatic rings. The summed E-state index contributed by atoms with van der Waals surface area (Å²) >= 11 is 3.16. The average Bonchev–Trinajstić information content (AvgIpc) is 3.37. The zero-order chi connectivity index (χ0) is 21.4. The number of pyridine rings is 1. The van der Waals surface area contributed by atoms with Gasteiger partial charge in [-0.25, -0.2) is 9.97 Å². The van der Waals surface area contributed by atoms with Gasteiger partial charge in [0.15, 0.2) is 5.13 Å². The Hall–Kier alpha value is -2.68. The Balaban J connectivity index is 1.33. The Morgan fingerprint density at radius 1 is 1.13 bits per heavy atom. The molecule has 3 aromatic heterocycles. The molecule has 1 aromatic carbocycles. The van der Waals surface area contributed by atoms with Crippen molar-refractivity contribution in [2.45, 2.75) is 32.7 Å². The number of fused-ring (bicyclic) bond motifs is 2. The first kappa shape index (κ1) is 20.2. The Morgan fingerprint density at radius 3 is 2.87 bits per heavy atom. The standard InChI is InChI=1S/C23H23N5OS2/c1-14(16-3-4-21-20(10-16)26-13-30-21)28-7-5-17-9-18(11-24-19(17)6-8-28)22-12-25-23(31-22)27-15(2)29/h3-4,9-14H,5-8H2,1-2H3,(H,25,27,29). The van der Waals surface area contributed by atoms with Crippen LogP contribution in [0.5, 0.6) is 0 Å². The molecule has 1 aliphatic rings. The molecule has 1 atom stereocenters. The van der Waals surface area contributed by atoms with Crippen LogP contribution in [-0.4, -0.2) is 38.8 Å². The van der Waals surface area contributed by atoms with Crippen molar-refractivity contribution in [2.24, 2.45) is 0 Å². The van der Waals surface area contributed by atoms with Crippen molar-refractivity contribution >= 4 is 43.9 Å². The monoisotopic (exact) mass is 449 g/mol. The second-order valence-electron chi connectivity index (χ2n) is 7.83. The third-order valence-corrected chi connectivity index (χ3v) is 7.59. The highest BCUT2D eigenvalue weighted by molar-refractivity contribution is 7.19. The van der Waals surface area contributed by atoms with Crippen molar-refractivity contribution < 1.29 is 4.79 Å². The number of benzene rings is 1. The average molecular weight is 450 g/mol. The van der Waals surface area contributed by atoms with Gasteiger partial charge in [-0.05, 0) is 42.7 Å². The lowest BCUT2D eigenvalue weighted by molar-refractivity contribution is -0.114. The summed E-state index contributed by atoms with van der Waals surface area (Å²) in [5, 5.41) is 3.37. The molecular weight excluding hydrogens is 426 g/mol. The molecule has 0 bridgehead atoms. The summed E-state index contributed by atoms with van der Waals surface area (Å²) in [6, 6.07) is 9.21. The molecule has 0 fully saturated rings. The second-order valence-corrected chi connectivity index (χ2v) is 9.75. The van der Waals surface area contributed by atoms with Crippen LogP contribution in [0, 0.1) is 0 Å². The molecule has 1 aliphatic heterocycles. The fourth-order valence-electron chi connectivity index (χ4n) is 4.09. The number of carbonyl (C=O) groups excluding carboxylic acids is 1. The van der Waals surface area contributed by atoms with Gasteiger partial charge >= 0.3 is 0 Å². The molecule has 8 heteroatoms. The third kappa shape index (κ3) is 4.23. The lowest BCUT2D eigenvalue weighted by atomic mass is 10.1. The minimum atomic E-state index is -0.107. The zero-order valence-electron chi connectivity index (χ0n) is 17.5. The van der Waals surface area contributed by atoms with E-state index in [1.54, 1.807) is 17.5 Å². The number of nitrogens with one attached hydrogen (secondary N) is 1. The summed E-state index contributed by atoms with van der Waals surface area (Å²) in [4.78, 5) is 28.4. The maximum absolute atomic E-state index is 11.3. The second kappa shape index (κ2) is 8.45. The predicted molar refractivity (Wildman–Crippen MR) is 127 cm³/mol. The predicted octanol–water partition coefficient (Wildman–Crippen LogP) is 4.94. The van der Waals surface area contributed by atoms with Crippen LogP contribution in [0.1, 0.15) is 36.7 Å². The number of amides is 1. The van der Waals surface area contributed by atoms with Crippen molar-refractivity contribution in [3.05, 3.63) is 59.0 Å². The van der Waals surface area contributed by atoms with Gasteiger partial charge in [-0.2, -0.15) is 0 Å². The van der Waals surface area contributed by atoms with E-state index < -0.39 is 0 Å². The summed E-state index contributed by atoms with van der Waals surface area (Å²) < 4.78 is 1.24. The molecular formula is C23H23N5OS2. The first-order valence-electron chi connectivity index (χ1n) is 10.4. The number of carbonyl (C=O) groups is 1. The first-order chi connectivity index (χ1) is 15.1. The summed E-state index contributed by atoms with van der Waals surface area (Å²) in [6.07, 6.45) is 5.65. The van der Waals surface area contributed by atoms with Gasteiger partial charge in [-0.3, -0.25) is 14.7 Å². The van der Waals surface area contributed by atoms with Gasteiger partial charge < -0.3 is 5.32 Å². The molecule has 1 N–H and O–H groups in total. The third-order valence-electron chi connectivity index (χ3n) is 5.82. The summed E-state index contributed by atoms with van der Waals surface area (Å²) in [5.74, 6) is -0.107. The summed E-state index contributed by atoms with van der Waals surface area (Å²) in [7, 11) is 0. The lowest BCUT2D eigenvalue weighted by Gasteiger charge is -2.27.